The topological polar surface area (TPSA) is 58.4 Å². The Kier molecular flexibility index (Phi) is 8.33. The van der Waals surface area contributed by atoms with Crippen LogP contribution in [0.15, 0.2) is 0 Å². The van der Waals surface area contributed by atoms with Crippen LogP contribution in [0.4, 0.5) is 0 Å². The van der Waals surface area contributed by atoms with Crippen LogP contribution in [0, 0.1) is 5.92 Å². The summed E-state index contributed by atoms with van der Waals surface area (Å²) < 4.78 is 0. The van der Waals surface area contributed by atoms with Gasteiger partial charge in [0, 0.05) is 13.0 Å². The molecule has 0 aliphatic carbocycles. The molecular weight excluding hydrogens is 190 g/mol. The van der Waals surface area contributed by atoms with Crippen molar-refractivity contribution in [3.63, 3.8) is 0 Å². The number of carbonyl (C=O) groups excluding carboxylic acids is 1. The van der Waals surface area contributed by atoms with Gasteiger partial charge in [0.2, 0.25) is 5.91 Å². The first-order valence-corrected chi connectivity index (χ1v) is 5.82. The van der Waals surface area contributed by atoms with Gasteiger partial charge in [-0.25, -0.2) is 5.84 Å². The number of nitrogens with zero attached hydrogens (tertiary/aromatic N) is 1. The van der Waals surface area contributed by atoms with Gasteiger partial charge in [-0.05, 0) is 31.8 Å². The van der Waals surface area contributed by atoms with Crippen LogP contribution in [-0.2, 0) is 4.79 Å². The SMILES string of the molecule is CCN(CCCCC(=O)NN)CC(C)C. The summed E-state index contributed by atoms with van der Waals surface area (Å²) in [6.07, 6.45) is 2.52. The van der Waals surface area contributed by atoms with Crippen molar-refractivity contribution in [3.05, 3.63) is 0 Å². The van der Waals surface area contributed by atoms with Crippen molar-refractivity contribution in [2.24, 2.45) is 11.8 Å². The van der Waals surface area contributed by atoms with Crippen molar-refractivity contribution >= 4 is 5.91 Å². The molecule has 0 saturated carbocycles. The van der Waals surface area contributed by atoms with Crippen LogP contribution in [0.25, 0.3) is 0 Å². The van der Waals surface area contributed by atoms with Crippen LogP contribution in [-0.4, -0.2) is 30.4 Å². The highest BCUT2D eigenvalue weighted by molar-refractivity contribution is 5.74. The van der Waals surface area contributed by atoms with Gasteiger partial charge in [-0.2, -0.15) is 0 Å². The maximum atomic E-state index is 10.9. The van der Waals surface area contributed by atoms with Gasteiger partial charge < -0.3 is 4.90 Å². The number of hydrogen-bond donors (Lipinski definition) is 2. The van der Waals surface area contributed by atoms with Crippen molar-refractivity contribution in [1.82, 2.24) is 10.3 Å². The molecule has 0 aliphatic rings. The third-order valence-corrected chi connectivity index (χ3v) is 2.36. The fraction of sp³-hybridized carbons (Fsp3) is 0.909. The first-order chi connectivity index (χ1) is 7.10. The van der Waals surface area contributed by atoms with Crippen molar-refractivity contribution in [2.45, 2.75) is 40.0 Å². The normalized spacial score (nSPS) is 11.1. The van der Waals surface area contributed by atoms with Crippen LogP contribution >= 0.6 is 0 Å². The molecule has 0 spiro atoms. The van der Waals surface area contributed by atoms with Gasteiger partial charge in [-0.1, -0.05) is 20.8 Å². The minimum Gasteiger partial charge on any atom is -0.303 e. The molecule has 0 saturated heterocycles. The highest BCUT2D eigenvalue weighted by Crippen LogP contribution is 2.02. The summed E-state index contributed by atoms with van der Waals surface area (Å²) in [6.45, 7) is 9.93. The van der Waals surface area contributed by atoms with Gasteiger partial charge in [-0.3, -0.25) is 10.2 Å². The Labute approximate surface area is 93.2 Å². The molecule has 15 heavy (non-hydrogen) atoms. The number of hydrazine groups is 1. The molecule has 0 aromatic heterocycles. The summed E-state index contributed by atoms with van der Waals surface area (Å²) >= 11 is 0. The fourth-order valence-electron chi connectivity index (χ4n) is 1.59. The molecule has 0 radical (unpaired) electrons. The molecule has 0 atom stereocenters. The first-order valence-electron chi connectivity index (χ1n) is 5.82. The lowest BCUT2D eigenvalue weighted by molar-refractivity contribution is -0.121. The van der Waals surface area contributed by atoms with Gasteiger partial charge in [-0.15, -0.1) is 0 Å². The van der Waals surface area contributed by atoms with Gasteiger partial charge in [0.1, 0.15) is 0 Å². The Balaban J connectivity index is 3.50. The van der Waals surface area contributed by atoms with Crippen molar-refractivity contribution < 1.29 is 4.79 Å². The summed E-state index contributed by atoms with van der Waals surface area (Å²) in [4.78, 5) is 13.3. The summed E-state index contributed by atoms with van der Waals surface area (Å²) in [5, 5.41) is 0. The molecule has 4 heteroatoms. The monoisotopic (exact) mass is 215 g/mol. The standard InChI is InChI=1S/C11H25N3O/c1-4-14(9-10(2)3)8-6-5-7-11(15)13-12/h10H,4-9,12H2,1-3H3,(H,13,15). The fourth-order valence-corrected chi connectivity index (χ4v) is 1.59. The highest BCUT2D eigenvalue weighted by atomic mass is 16.2. The van der Waals surface area contributed by atoms with E-state index in [0.29, 0.717) is 12.3 Å². The number of carbonyl (C=O) groups is 1. The molecule has 0 heterocycles. The van der Waals surface area contributed by atoms with E-state index in [-0.39, 0.29) is 5.91 Å². The number of nitrogens with two attached hydrogens (primary N) is 1. The second-order valence-corrected chi connectivity index (χ2v) is 4.31. The molecule has 4 nitrogen and oxygen atoms in total. The van der Waals surface area contributed by atoms with E-state index in [1.807, 2.05) is 0 Å². The zero-order valence-corrected chi connectivity index (χ0v) is 10.3. The maximum absolute atomic E-state index is 10.9. The summed E-state index contributed by atoms with van der Waals surface area (Å²) in [5.74, 6) is 5.63. The zero-order chi connectivity index (χ0) is 11.7. The van der Waals surface area contributed by atoms with Crippen LogP contribution in [0.1, 0.15) is 40.0 Å². The zero-order valence-electron chi connectivity index (χ0n) is 10.3. The third kappa shape index (κ3) is 8.39. The predicted molar refractivity (Wildman–Crippen MR) is 63.1 cm³/mol. The van der Waals surface area contributed by atoms with E-state index in [9.17, 15) is 4.79 Å². The Morgan fingerprint density at radius 2 is 2.07 bits per heavy atom. The van der Waals surface area contributed by atoms with Crippen LogP contribution in [0.5, 0.6) is 0 Å². The van der Waals surface area contributed by atoms with E-state index in [1.165, 1.54) is 0 Å². The number of amides is 1. The first kappa shape index (κ1) is 14.4. The molecule has 3 N–H and O–H groups in total. The van der Waals surface area contributed by atoms with E-state index in [0.717, 1.165) is 32.5 Å². The van der Waals surface area contributed by atoms with Crippen LogP contribution < -0.4 is 11.3 Å². The third-order valence-electron chi connectivity index (χ3n) is 2.36. The van der Waals surface area contributed by atoms with Gasteiger partial charge in [0.15, 0.2) is 0 Å². The Morgan fingerprint density at radius 3 is 2.53 bits per heavy atom. The lowest BCUT2D eigenvalue weighted by Crippen LogP contribution is -2.31. The number of nitrogens with one attached hydrogen (secondary N) is 1. The lowest BCUT2D eigenvalue weighted by atomic mass is 10.2. The minimum atomic E-state index is -0.0677. The predicted octanol–water partition coefficient (Wildman–Crippen LogP) is 1.12. The van der Waals surface area contributed by atoms with Crippen LogP contribution in [0.2, 0.25) is 0 Å². The summed E-state index contributed by atoms with van der Waals surface area (Å²) in [6, 6.07) is 0. The highest BCUT2D eigenvalue weighted by Gasteiger charge is 2.05. The van der Waals surface area contributed by atoms with E-state index in [2.05, 4.69) is 31.1 Å². The van der Waals surface area contributed by atoms with Gasteiger partial charge in [0.25, 0.3) is 0 Å². The quantitative estimate of drug-likeness (QED) is 0.276. The molecule has 0 aliphatic heterocycles. The van der Waals surface area contributed by atoms with Crippen molar-refractivity contribution in [2.75, 3.05) is 19.6 Å². The molecular formula is C11H25N3O. The molecule has 0 fully saturated rings. The van der Waals surface area contributed by atoms with E-state index in [1.54, 1.807) is 0 Å². The molecule has 0 aromatic carbocycles. The van der Waals surface area contributed by atoms with E-state index < -0.39 is 0 Å². The van der Waals surface area contributed by atoms with Gasteiger partial charge >= 0.3 is 0 Å². The minimum absolute atomic E-state index is 0.0677. The molecule has 1 amide bonds. The Bertz CT molecular complexity index is 171. The smallest absolute Gasteiger partial charge is 0.233 e. The molecule has 0 bridgehead atoms. The average Bonchev–Trinajstić information content (AvgIpc) is 2.21. The van der Waals surface area contributed by atoms with E-state index in [4.69, 9.17) is 5.84 Å². The second-order valence-electron chi connectivity index (χ2n) is 4.31. The van der Waals surface area contributed by atoms with E-state index >= 15 is 0 Å². The van der Waals surface area contributed by atoms with Crippen LogP contribution in [0.3, 0.4) is 0 Å². The lowest BCUT2D eigenvalue weighted by Gasteiger charge is -2.22. The van der Waals surface area contributed by atoms with Gasteiger partial charge in [0.05, 0.1) is 0 Å². The van der Waals surface area contributed by atoms with Crippen molar-refractivity contribution in [3.8, 4) is 0 Å². The summed E-state index contributed by atoms with van der Waals surface area (Å²) in [5.41, 5.74) is 2.15. The number of hydrogen-bond acceptors (Lipinski definition) is 3. The Morgan fingerprint density at radius 1 is 1.40 bits per heavy atom. The molecule has 90 valence electrons. The number of rotatable bonds is 8. The molecule has 0 rings (SSSR count). The number of unbranched alkanes of at least 4 members (excludes halogenated alkanes) is 1. The Hall–Kier alpha value is -0.610. The largest absolute Gasteiger partial charge is 0.303 e. The van der Waals surface area contributed by atoms with Crippen molar-refractivity contribution in [1.29, 1.82) is 0 Å². The second kappa shape index (κ2) is 8.68. The maximum Gasteiger partial charge on any atom is 0.233 e. The average molecular weight is 215 g/mol. The molecule has 0 aromatic rings. The molecule has 0 unspecified atom stereocenters. The summed E-state index contributed by atoms with van der Waals surface area (Å²) in [7, 11) is 0.